The molecule has 0 heterocycles. The first-order valence-corrected chi connectivity index (χ1v) is 9.05. The summed E-state index contributed by atoms with van der Waals surface area (Å²) in [5.74, 6) is 0.556. The zero-order valence-corrected chi connectivity index (χ0v) is 16.2. The highest BCUT2D eigenvalue weighted by atomic mass is 79.9. The standard InChI is InChI=1S/C21H24BrNO/c1-14(2)17-11-8-12-18(15(3)4)20(17)23-21(24)19(22)13-16-9-6-5-7-10-16/h5-15H,1-4H3,(H,23,24)/b19-13-. The largest absolute Gasteiger partial charge is 0.321 e. The van der Waals surface area contributed by atoms with Crippen molar-refractivity contribution in [2.75, 3.05) is 5.32 Å². The van der Waals surface area contributed by atoms with Crippen LogP contribution in [0.5, 0.6) is 0 Å². The maximum absolute atomic E-state index is 12.6. The van der Waals surface area contributed by atoms with Crippen LogP contribution in [0.15, 0.2) is 53.0 Å². The molecule has 0 radical (unpaired) electrons. The van der Waals surface area contributed by atoms with E-state index < -0.39 is 0 Å². The highest BCUT2D eigenvalue weighted by molar-refractivity contribution is 9.12. The number of carbonyl (C=O) groups is 1. The molecule has 0 aliphatic heterocycles. The van der Waals surface area contributed by atoms with Gasteiger partial charge in [-0.1, -0.05) is 76.2 Å². The van der Waals surface area contributed by atoms with Gasteiger partial charge in [-0.2, -0.15) is 0 Å². The third kappa shape index (κ3) is 4.57. The van der Waals surface area contributed by atoms with Gasteiger partial charge in [0.2, 0.25) is 0 Å². The molecule has 0 aliphatic rings. The molecule has 0 aliphatic carbocycles. The van der Waals surface area contributed by atoms with Gasteiger partial charge >= 0.3 is 0 Å². The number of halogens is 1. The highest BCUT2D eigenvalue weighted by Crippen LogP contribution is 2.33. The van der Waals surface area contributed by atoms with Gasteiger partial charge in [0.05, 0.1) is 4.48 Å². The van der Waals surface area contributed by atoms with Gasteiger partial charge in [0.1, 0.15) is 0 Å². The lowest BCUT2D eigenvalue weighted by Gasteiger charge is -2.20. The molecule has 2 nitrogen and oxygen atoms in total. The topological polar surface area (TPSA) is 29.1 Å². The van der Waals surface area contributed by atoms with Crippen LogP contribution in [-0.2, 0) is 4.79 Å². The summed E-state index contributed by atoms with van der Waals surface area (Å²) >= 11 is 3.41. The van der Waals surface area contributed by atoms with Crippen LogP contribution in [-0.4, -0.2) is 5.91 Å². The summed E-state index contributed by atoms with van der Waals surface area (Å²) in [7, 11) is 0. The molecule has 0 saturated carbocycles. The van der Waals surface area contributed by atoms with Gasteiger partial charge in [0.15, 0.2) is 0 Å². The Morgan fingerprint density at radius 3 is 1.96 bits per heavy atom. The third-order valence-electron chi connectivity index (χ3n) is 3.92. The van der Waals surface area contributed by atoms with Crippen LogP contribution < -0.4 is 5.32 Å². The first kappa shape index (κ1) is 18.5. The van der Waals surface area contributed by atoms with E-state index in [-0.39, 0.29) is 5.91 Å². The number of amides is 1. The number of hydrogen-bond donors (Lipinski definition) is 1. The van der Waals surface area contributed by atoms with Crippen LogP contribution >= 0.6 is 15.9 Å². The molecule has 1 amide bonds. The van der Waals surface area contributed by atoms with Crippen LogP contribution in [0.4, 0.5) is 5.69 Å². The van der Waals surface area contributed by atoms with Crippen LogP contribution in [0, 0.1) is 0 Å². The van der Waals surface area contributed by atoms with Crippen LogP contribution in [0.3, 0.4) is 0 Å². The smallest absolute Gasteiger partial charge is 0.262 e. The second kappa shape index (κ2) is 8.29. The highest BCUT2D eigenvalue weighted by Gasteiger charge is 2.17. The second-order valence-corrected chi connectivity index (χ2v) is 7.33. The first-order valence-electron chi connectivity index (χ1n) is 8.26. The molecule has 0 bridgehead atoms. The van der Waals surface area contributed by atoms with Crippen molar-refractivity contribution in [1.82, 2.24) is 0 Å². The van der Waals surface area contributed by atoms with Crippen LogP contribution in [0.2, 0.25) is 0 Å². The minimum Gasteiger partial charge on any atom is -0.321 e. The van der Waals surface area contributed by atoms with Crippen LogP contribution in [0.25, 0.3) is 6.08 Å². The van der Waals surface area contributed by atoms with Crippen molar-refractivity contribution in [3.05, 3.63) is 69.7 Å². The van der Waals surface area contributed by atoms with Gasteiger partial charge in [-0.15, -0.1) is 0 Å². The zero-order valence-electron chi connectivity index (χ0n) is 14.6. The summed E-state index contributed by atoms with van der Waals surface area (Å²) in [6.07, 6.45) is 1.84. The molecule has 1 N–H and O–H groups in total. The Kier molecular flexibility index (Phi) is 6.38. The van der Waals surface area contributed by atoms with E-state index in [1.807, 2.05) is 36.4 Å². The quantitative estimate of drug-likeness (QED) is 0.600. The van der Waals surface area contributed by atoms with E-state index in [0.29, 0.717) is 16.3 Å². The summed E-state index contributed by atoms with van der Waals surface area (Å²) in [5.41, 5.74) is 4.25. The number of hydrogen-bond acceptors (Lipinski definition) is 1. The molecule has 0 saturated heterocycles. The third-order valence-corrected chi connectivity index (χ3v) is 4.51. The van der Waals surface area contributed by atoms with Crippen molar-refractivity contribution in [2.24, 2.45) is 0 Å². The summed E-state index contributed by atoms with van der Waals surface area (Å²) in [6.45, 7) is 8.57. The summed E-state index contributed by atoms with van der Waals surface area (Å²) in [4.78, 5) is 12.6. The van der Waals surface area contributed by atoms with E-state index in [1.165, 1.54) is 0 Å². The minimum absolute atomic E-state index is 0.131. The molecular formula is C21H24BrNO. The number of carbonyl (C=O) groups excluding carboxylic acids is 1. The summed E-state index contributed by atoms with van der Waals surface area (Å²) in [5, 5.41) is 3.11. The monoisotopic (exact) mass is 385 g/mol. The zero-order chi connectivity index (χ0) is 17.7. The molecule has 3 heteroatoms. The Balaban J connectivity index is 2.33. The fraction of sp³-hybridized carbons (Fsp3) is 0.286. The van der Waals surface area contributed by atoms with Crippen molar-refractivity contribution in [1.29, 1.82) is 0 Å². The normalized spacial score (nSPS) is 11.9. The summed E-state index contributed by atoms with van der Waals surface area (Å²) in [6, 6.07) is 16.0. The van der Waals surface area contributed by atoms with E-state index >= 15 is 0 Å². The maximum atomic E-state index is 12.6. The Morgan fingerprint density at radius 1 is 0.917 bits per heavy atom. The predicted octanol–water partition coefficient (Wildman–Crippen LogP) is 6.31. The average Bonchev–Trinajstić information content (AvgIpc) is 2.55. The Labute approximate surface area is 153 Å². The van der Waals surface area contributed by atoms with Crippen molar-refractivity contribution in [3.63, 3.8) is 0 Å². The number of benzene rings is 2. The summed E-state index contributed by atoms with van der Waals surface area (Å²) < 4.78 is 0.516. The molecule has 2 rings (SSSR count). The molecular weight excluding hydrogens is 362 g/mol. The Bertz CT molecular complexity index is 707. The number of anilines is 1. The first-order chi connectivity index (χ1) is 11.4. The molecule has 0 fully saturated rings. The van der Waals surface area contributed by atoms with Crippen molar-refractivity contribution >= 4 is 33.6 Å². The molecule has 0 unspecified atom stereocenters. The SMILES string of the molecule is CC(C)c1cccc(C(C)C)c1NC(=O)/C(Br)=C/c1ccccc1. The average molecular weight is 386 g/mol. The number of nitrogens with one attached hydrogen (secondary N) is 1. The fourth-order valence-corrected chi connectivity index (χ4v) is 2.99. The van der Waals surface area contributed by atoms with E-state index in [0.717, 1.165) is 22.4 Å². The lowest BCUT2D eigenvalue weighted by Crippen LogP contribution is -2.15. The fourth-order valence-electron chi connectivity index (χ4n) is 2.63. The number of rotatable bonds is 5. The van der Waals surface area contributed by atoms with Crippen LogP contribution in [0.1, 0.15) is 56.2 Å². The molecule has 24 heavy (non-hydrogen) atoms. The van der Waals surface area contributed by atoms with E-state index in [9.17, 15) is 4.79 Å². The van der Waals surface area contributed by atoms with Gasteiger partial charge < -0.3 is 5.32 Å². The van der Waals surface area contributed by atoms with Crippen molar-refractivity contribution in [2.45, 2.75) is 39.5 Å². The molecule has 0 atom stereocenters. The van der Waals surface area contributed by atoms with E-state index in [1.54, 1.807) is 0 Å². The number of para-hydroxylation sites is 1. The Hall–Kier alpha value is -1.87. The molecule has 0 aromatic heterocycles. The lowest BCUT2D eigenvalue weighted by atomic mass is 9.92. The van der Waals surface area contributed by atoms with Gasteiger partial charge in [0.25, 0.3) is 5.91 Å². The minimum atomic E-state index is -0.131. The Morgan fingerprint density at radius 2 is 1.46 bits per heavy atom. The van der Waals surface area contributed by atoms with E-state index in [4.69, 9.17) is 0 Å². The van der Waals surface area contributed by atoms with Gasteiger partial charge in [0, 0.05) is 5.69 Å². The van der Waals surface area contributed by atoms with Gasteiger partial charge in [-0.25, -0.2) is 0 Å². The molecule has 2 aromatic rings. The molecule has 2 aromatic carbocycles. The van der Waals surface area contributed by atoms with Gasteiger partial charge in [-0.05, 0) is 50.5 Å². The van der Waals surface area contributed by atoms with Crippen molar-refractivity contribution < 1.29 is 4.79 Å². The lowest BCUT2D eigenvalue weighted by molar-refractivity contribution is -0.112. The second-order valence-electron chi connectivity index (χ2n) is 6.48. The predicted molar refractivity (Wildman–Crippen MR) is 107 cm³/mol. The van der Waals surface area contributed by atoms with E-state index in [2.05, 4.69) is 67.1 Å². The maximum Gasteiger partial charge on any atom is 0.262 e. The van der Waals surface area contributed by atoms with Gasteiger partial charge in [-0.3, -0.25) is 4.79 Å². The van der Waals surface area contributed by atoms with Crippen molar-refractivity contribution in [3.8, 4) is 0 Å². The molecule has 126 valence electrons. The molecule has 0 spiro atoms.